The normalized spacial score (nSPS) is 11.9. The fraction of sp³-hybridized carbons (Fsp3) is 0.960. The van der Waals surface area contributed by atoms with E-state index in [9.17, 15) is 14.4 Å². The smallest absolute Gasteiger partial charge is 0.306 e. The summed E-state index contributed by atoms with van der Waals surface area (Å²) >= 11 is 0. The Labute approximate surface area is 508 Å². The lowest BCUT2D eigenvalue weighted by Crippen LogP contribution is -2.30. The first-order chi connectivity index (χ1) is 40.0. The van der Waals surface area contributed by atoms with Gasteiger partial charge in [0.2, 0.25) is 0 Å². The Kier molecular flexibility index (Phi) is 69.5. The van der Waals surface area contributed by atoms with Crippen LogP contribution in [-0.4, -0.2) is 37.2 Å². The van der Waals surface area contributed by atoms with Crippen molar-refractivity contribution in [3.8, 4) is 0 Å². The number of unbranched alkanes of at least 4 members (excludes halogenated alkanes) is 60. The van der Waals surface area contributed by atoms with Crippen molar-refractivity contribution in [3.63, 3.8) is 0 Å². The van der Waals surface area contributed by atoms with Crippen molar-refractivity contribution in [3.05, 3.63) is 0 Å². The Hall–Kier alpha value is -1.59. The molecule has 0 aromatic carbocycles. The van der Waals surface area contributed by atoms with Crippen molar-refractivity contribution in [1.82, 2.24) is 0 Å². The van der Waals surface area contributed by atoms with E-state index in [0.717, 1.165) is 57.8 Å². The summed E-state index contributed by atoms with van der Waals surface area (Å²) in [6.07, 6.45) is 84.6. The largest absolute Gasteiger partial charge is 0.462 e. The molecule has 1 unspecified atom stereocenters. The van der Waals surface area contributed by atoms with Crippen LogP contribution in [0.2, 0.25) is 0 Å². The van der Waals surface area contributed by atoms with Crippen molar-refractivity contribution in [2.24, 2.45) is 0 Å². The number of rotatable bonds is 71. The van der Waals surface area contributed by atoms with Crippen molar-refractivity contribution >= 4 is 17.9 Å². The highest BCUT2D eigenvalue weighted by molar-refractivity contribution is 5.71. The topological polar surface area (TPSA) is 78.9 Å². The standard InChI is InChI=1S/C75H146O6/c1-4-7-10-13-16-19-22-24-26-28-30-31-32-33-34-35-36-37-38-39-40-41-42-43-45-46-48-50-53-56-59-62-65-68-74(77)80-71-72(70-79-73(76)67-64-61-58-55-52-21-18-15-12-9-6-3)81-75(78)69-66-63-60-57-54-51-49-47-44-29-27-25-23-20-17-14-11-8-5-2/h72H,4-71H2,1-3H3. The molecule has 6 nitrogen and oxygen atoms in total. The monoisotopic (exact) mass is 1140 g/mol. The molecular formula is C75H146O6. The third-order valence-corrected chi connectivity index (χ3v) is 17.6. The molecule has 0 radical (unpaired) electrons. The zero-order valence-corrected chi connectivity index (χ0v) is 55.6. The molecule has 1 atom stereocenters. The van der Waals surface area contributed by atoms with E-state index in [0.29, 0.717) is 19.3 Å². The van der Waals surface area contributed by atoms with Gasteiger partial charge in [0.05, 0.1) is 0 Å². The predicted molar refractivity (Wildman–Crippen MR) is 354 cm³/mol. The molecule has 0 bridgehead atoms. The highest BCUT2D eigenvalue weighted by Crippen LogP contribution is 2.20. The molecule has 0 saturated carbocycles. The first-order valence-electron chi connectivity index (χ1n) is 37.5. The minimum atomic E-state index is -0.763. The Morgan fingerprint density at radius 3 is 0.494 bits per heavy atom. The van der Waals surface area contributed by atoms with Crippen LogP contribution in [0.4, 0.5) is 0 Å². The second-order valence-electron chi connectivity index (χ2n) is 25.9. The van der Waals surface area contributed by atoms with E-state index in [4.69, 9.17) is 14.2 Å². The first kappa shape index (κ1) is 79.4. The molecule has 0 heterocycles. The molecule has 0 aliphatic rings. The van der Waals surface area contributed by atoms with Crippen LogP contribution in [0.5, 0.6) is 0 Å². The minimum Gasteiger partial charge on any atom is -0.462 e. The molecule has 0 aliphatic heterocycles. The third kappa shape index (κ3) is 69.1. The van der Waals surface area contributed by atoms with Crippen molar-refractivity contribution in [1.29, 1.82) is 0 Å². The Bertz CT molecular complexity index is 1220. The summed E-state index contributed by atoms with van der Waals surface area (Å²) in [5.74, 6) is -0.822. The lowest BCUT2D eigenvalue weighted by Gasteiger charge is -2.18. The Morgan fingerprint density at radius 1 is 0.198 bits per heavy atom. The Balaban J connectivity index is 4.03. The highest BCUT2D eigenvalue weighted by atomic mass is 16.6. The van der Waals surface area contributed by atoms with E-state index in [1.807, 2.05) is 0 Å². The molecule has 0 amide bonds. The lowest BCUT2D eigenvalue weighted by molar-refractivity contribution is -0.167. The number of hydrogen-bond donors (Lipinski definition) is 0. The summed E-state index contributed by atoms with van der Waals surface area (Å²) in [6.45, 7) is 6.73. The van der Waals surface area contributed by atoms with Gasteiger partial charge in [-0.2, -0.15) is 0 Å². The first-order valence-corrected chi connectivity index (χ1v) is 37.5. The quantitative estimate of drug-likeness (QED) is 0.0343. The average Bonchev–Trinajstić information content (AvgIpc) is 3.47. The molecule has 482 valence electrons. The predicted octanol–water partition coefficient (Wildman–Crippen LogP) is 25.8. The van der Waals surface area contributed by atoms with Gasteiger partial charge in [-0.15, -0.1) is 0 Å². The molecule has 0 rings (SSSR count). The zero-order valence-electron chi connectivity index (χ0n) is 55.6. The van der Waals surface area contributed by atoms with Gasteiger partial charge >= 0.3 is 17.9 Å². The van der Waals surface area contributed by atoms with E-state index in [-0.39, 0.29) is 31.1 Å². The SMILES string of the molecule is CCCCCCCCCCCCCCCCCCCCCCCCCCCCCCCCCCCC(=O)OCC(COC(=O)CCCCCCCCCCCCC)OC(=O)CCCCCCCCCCCCCCCCCCCCC. The van der Waals surface area contributed by atoms with Gasteiger partial charge in [-0.05, 0) is 19.3 Å². The van der Waals surface area contributed by atoms with Crippen LogP contribution in [0.3, 0.4) is 0 Å². The second kappa shape index (κ2) is 70.9. The zero-order chi connectivity index (χ0) is 58.5. The summed E-state index contributed by atoms with van der Waals surface area (Å²) in [5, 5.41) is 0. The van der Waals surface area contributed by atoms with Gasteiger partial charge in [0.25, 0.3) is 0 Å². The van der Waals surface area contributed by atoms with E-state index in [1.165, 1.54) is 347 Å². The van der Waals surface area contributed by atoms with Gasteiger partial charge in [-0.25, -0.2) is 0 Å². The van der Waals surface area contributed by atoms with E-state index >= 15 is 0 Å². The maximum atomic E-state index is 12.9. The van der Waals surface area contributed by atoms with Crippen LogP contribution in [0.25, 0.3) is 0 Å². The fourth-order valence-corrected chi connectivity index (χ4v) is 12.0. The highest BCUT2D eigenvalue weighted by Gasteiger charge is 2.20. The average molecular weight is 1140 g/mol. The number of esters is 3. The van der Waals surface area contributed by atoms with Gasteiger partial charge in [0.1, 0.15) is 13.2 Å². The van der Waals surface area contributed by atoms with Crippen LogP contribution >= 0.6 is 0 Å². The summed E-state index contributed by atoms with van der Waals surface area (Å²) < 4.78 is 17.0. The molecule has 0 aliphatic carbocycles. The van der Waals surface area contributed by atoms with E-state index < -0.39 is 6.10 Å². The summed E-state index contributed by atoms with van der Waals surface area (Å²) in [4.78, 5) is 38.4. The molecule has 0 saturated heterocycles. The molecule has 0 N–H and O–H groups in total. The minimum absolute atomic E-state index is 0.0604. The van der Waals surface area contributed by atoms with Gasteiger partial charge < -0.3 is 14.2 Å². The maximum absolute atomic E-state index is 12.9. The van der Waals surface area contributed by atoms with Crippen LogP contribution in [0.1, 0.15) is 445 Å². The summed E-state index contributed by atoms with van der Waals surface area (Å²) in [5.41, 5.74) is 0. The number of carbonyl (C=O) groups is 3. The molecule has 0 aromatic heterocycles. The van der Waals surface area contributed by atoms with Gasteiger partial charge in [-0.3, -0.25) is 14.4 Å². The van der Waals surface area contributed by atoms with Crippen LogP contribution in [0, 0.1) is 0 Å². The van der Waals surface area contributed by atoms with Crippen LogP contribution in [-0.2, 0) is 28.6 Å². The van der Waals surface area contributed by atoms with Gasteiger partial charge in [0.15, 0.2) is 6.10 Å². The number of carbonyl (C=O) groups excluding carboxylic acids is 3. The summed E-state index contributed by atoms with van der Waals surface area (Å²) in [6, 6.07) is 0. The molecule has 0 spiro atoms. The fourth-order valence-electron chi connectivity index (χ4n) is 12.0. The van der Waals surface area contributed by atoms with Crippen molar-refractivity contribution in [2.45, 2.75) is 451 Å². The molecular weight excluding hydrogens is 997 g/mol. The van der Waals surface area contributed by atoms with Crippen molar-refractivity contribution < 1.29 is 28.6 Å². The van der Waals surface area contributed by atoms with Crippen molar-refractivity contribution in [2.75, 3.05) is 13.2 Å². The van der Waals surface area contributed by atoms with Crippen LogP contribution in [0.15, 0.2) is 0 Å². The molecule has 81 heavy (non-hydrogen) atoms. The number of hydrogen-bond acceptors (Lipinski definition) is 6. The third-order valence-electron chi connectivity index (χ3n) is 17.6. The lowest BCUT2D eigenvalue weighted by atomic mass is 10.0. The molecule has 6 heteroatoms. The maximum Gasteiger partial charge on any atom is 0.306 e. The van der Waals surface area contributed by atoms with Gasteiger partial charge in [0, 0.05) is 19.3 Å². The van der Waals surface area contributed by atoms with E-state index in [2.05, 4.69) is 20.8 Å². The molecule has 0 fully saturated rings. The molecule has 0 aromatic rings. The number of ether oxygens (including phenoxy) is 3. The Morgan fingerprint density at radius 2 is 0.333 bits per heavy atom. The van der Waals surface area contributed by atoms with E-state index in [1.54, 1.807) is 0 Å². The second-order valence-corrected chi connectivity index (χ2v) is 25.9. The van der Waals surface area contributed by atoms with Gasteiger partial charge in [-0.1, -0.05) is 406 Å². The summed E-state index contributed by atoms with van der Waals surface area (Å²) in [7, 11) is 0. The van der Waals surface area contributed by atoms with Crippen LogP contribution < -0.4 is 0 Å².